The summed E-state index contributed by atoms with van der Waals surface area (Å²) in [6.45, 7) is 3.79. The fraction of sp³-hybridized carbons (Fsp3) is 0.421. The van der Waals surface area contributed by atoms with Gasteiger partial charge in [0.2, 0.25) is 5.91 Å². The molecule has 0 radical (unpaired) electrons. The molecule has 2 heterocycles. The van der Waals surface area contributed by atoms with Crippen molar-refractivity contribution in [3.8, 4) is 0 Å². The number of amides is 2. The van der Waals surface area contributed by atoms with Crippen LogP contribution >= 0.6 is 22.9 Å². The van der Waals surface area contributed by atoms with Crippen LogP contribution in [0.2, 0.25) is 5.02 Å². The van der Waals surface area contributed by atoms with Gasteiger partial charge in [-0.15, -0.1) is 11.3 Å². The van der Waals surface area contributed by atoms with Gasteiger partial charge >= 0.3 is 0 Å². The van der Waals surface area contributed by atoms with Gasteiger partial charge in [0.1, 0.15) is 5.69 Å². The van der Waals surface area contributed by atoms with Crippen molar-refractivity contribution in [1.29, 1.82) is 0 Å². The summed E-state index contributed by atoms with van der Waals surface area (Å²) in [6.07, 6.45) is 2.54. The molecule has 2 amide bonds. The number of anilines is 2. The van der Waals surface area contributed by atoms with Gasteiger partial charge in [0.15, 0.2) is 5.13 Å². The Morgan fingerprint density at radius 1 is 1.37 bits per heavy atom. The summed E-state index contributed by atoms with van der Waals surface area (Å²) in [5, 5.41) is 9.01. The quantitative estimate of drug-likeness (QED) is 0.762. The molecular formula is C19H23ClN4O2S. The maximum absolute atomic E-state index is 12.8. The van der Waals surface area contributed by atoms with E-state index in [4.69, 9.17) is 11.6 Å². The lowest BCUT2D eigenvalue weighted by Crippen LogP contribution is -2.45. The van der Waals surface area contributed by atoms with E-state index in [2.05, 4.69) is 15.6 Å². The fourth-order valence-electron chi connectivity index (χ4n) is 3.04. The number of piperidine rings is 1. The Bertz CT molecular complexity index is 811. The Balaban J connectivity index is 1.63. The number of para-hydroxylation sites is 1. The summed E-state index contributed by atoms with van der Waals surface area (Å²) in [4.78, 5) is 31.1. The van der Waals surface area contributed by atoms with Gasteiger partial charge in [-0.05, 0) is 31.4 Å². The normalized spacial score (nSPS) is 16.8. The number of rotatable bonds is 6. The number of likely N-dealkylation sites (tertiary alicyclic amines) is 1. The van der Waals surface area contributed by atoms with E-state index in [0.717, 1.165) is 24.9 Å². The third-order valence-corrected chi connectivity index (χ3v) is 5.55. The summed E-state index contributed by atoms with van der Waals surface area (Å²) in [5.41, 5.74) is 1.14. The molecule has 1 aliphatic rings. The van der Waals surface area contributed by atoms with E-state index in [1.54, 1.807) is 16.3 Å². The van der Waals surface area contributed by atoms with Crippen LogP contribution in [0.15, 0.2) is 29.6 Å². The molecule has 144 valence electrons. The average Bonchev–Trinajstić information content (AvgIpc) is 3.16. The van der Waals surface area contributed by atoms with Crippen LogP contribution in [-0.2, 0) is 4.79 Å². The Morgan fingerprint density at radius 2 is 2.19 bits per heavy atom. The molecule has 1 fully saturated rings. The van der Waals surface area contributed by atoms with Crippen molar-refractivity contribution in [2.24, 2.45) is 5.92 Å². The molecule has 3 rings (SSSR count). The van der Waals surface area contributed by atoms with Gasteiger partial charge in [-0.1, -0.05) is 30.7 Å². The molecule has 27 heavy (non-hydrogen) atoms. The SMILES string of the molecule is CCCNC(=O)[C@H]1CCCN(C(=O)c2csc(Nc3ccccc3Cl)n2)C1. The first kappa shape index (κ1) is 19.6. The highest BCUT2D eigenvalue weighted by molar-refractivity contribution is 7.14. The van der Waals surface area contributed by atoms with Crippen molar-refractivity contribution in [2.45, 2.75) is 26.2 Å². The number of carbonyl (C=O) groups excluding carboxylic acids is 2. The van der Waals surface area contributed by atoms with Crippen LogP contribution in [0.4, 0.5) is 10.8 Å². The summed E-state index contributed by atoms with van der Waals surface area (Å²) < 4.78 is 0. The van der Waals surface area contributed by atoms with Crippen LogP contribution in [-0.4, -0.2) is 41.3 Å². The molecular weight excluding hydrogens is 384 g/mol. The Labute approximate surface area is 167 Å². The predicted molar refractivity (Wildman–Crippen MR) is 109 cm³/mol. The van der Waals surface area contributed by atoms with E-state index < -0.39 is 0 Å². The summed E-state index contributed by atoms with van der Waals surface area (Å²) in [7, 11) is 0. The third-order valence-electron chi connectivity index (χ3n) is 4.47. The molecule has 1 atom stereocenters. The number of hydrogen-bond donors (Lipinski definition) is 2. The van der Waals surface area contributed by atoms with Gasteiger partial charge in [-0.3, -0.25) is 9.59 Å². The molecule has 0 spiro atoms. The molecule has 0 aliphatic carbocycles. The Hall–Kier alpha value is -2.12. The molecule has 2 aromatic rings. The van der Waals surface area contributed by atoms with Gasteiger partial charge in [0.05, 0.1) is 16.6 Å². The summed E-state index contributed by atoms with van der Waals surface area (Å²) in [5.74, 6) is -0.242. The number of thiazole rings is 1. The van der Waals surface area contributed by atoms with E-state index in [-0.39, 0.29) is 17.7 Å². The minimum atomic E-state index is -0.145. The Kier molecular flexibility index (Phi) is 6.68. The number of aromatic nitrogens is 1. The lowest BCUT2D eigenvalue weighted by atomic mass is 9.97. The first-order valence-electron chi connectivity index (χ1n) is 9.12. The van der Waals surface area contributed by atoms with Crippen LogP contribution in [0, 0.1) is 5.92 Å². The lowest BCUT2D eigenvalue weighted by Gasteiger charge is -2.31. The third kappa shape index (κ3) is 4.99. The zero-order valence-corrected chi connectivity index (χ0v) is 16.8. The number of nitrogens with one attached hydrogen (secondary N) is 2. The minimum absolute atomic E-state index is 0.0358. The van der Waals surface area contributed by atoms with E-state index in [1.807, 2.05) is 25.1 Å². The second kappa shape index (κ2) is 9.19. The molecule has 0 saturated carbocycles. The van der Waals surface area contributed by atoms with Crippen LogP contribution in [0.1, 0.15) is 36.7 Å². The molecule has 1 aromatic carbocycles. The van der Waals surface area contributed by atoms with Crippen LogP contribution in [0.3, 0.4) is 0 Å². The number of halogens is 1. The molecule has 1 saturated heterocycles. The van der Waals surface area contributed by atoms with Gasteiger partial charge in [-0.2, -0.15) is 0 Å². The first-order valence-corrected chi connectivity index (χ1v) is 10.4. The van der Waals surface area contributed by atoms with Crippen molar-refractivity contribution >= 4 is 45.6 Å². The van der Waals surface area contributed by atoms with E-state index >= 15 is 0 Å². The monoisotopic (exact) mass is 406 g/mol. The first-order chi connectivity index (χ1) is 13.1. The van der Waals surface area contributed by atoms with Crippen molar-refractivity contribution in [1.82, 2.24) is 15.2 Å². The highest BCUT2D eigenvalue weighted by atomic mass is 35.5. The standard InChI is InChI=1S/C19H23ClN4O2S/c1-2-9-21-17(25)13-6-5-10-24(11-13)18(26)16-12-27-19(23-16)22-15-8-4-3-7-14(15)20/h3-4,7-8,12-13H,2,5-6,9-11H2,1H3,(H,21,25)(H,22,23)/t13-/m0/s1. The lowest BCUT2D eigenvalue weighted by molar-refractivity contribution is -0.126. The fourth-order valence-corrected chi connectivity index (χ4v) is 3.92. The number of hydrogen-bond acceptors (Lipinski definition) is 5. The van der Waals surface area contributed by atoms with Crippen molar-refractivity contribution in [2.75, 3.05) is 25.0 Å². The van der Waals surface area contributed by atoms with Gasteiger partial charge in [-0.25, -0.2) is 4.98 Å². The van der Waals surface area contributed by atoms with Gasteiger partial charge in [0.25, 0.3) is 5.91 Å². The Morgan fingerprint density at radius 3 is 2.96 bits per heavy atom. The van der Waals surface area contributed by atoms with E-state index in [9.17, 15) is 9.59 Å². The molecule has 2 N–H and O–H groups in total. The summed E-state index contributed by atoms with van der Waals surface area (Å²) >= 11 is 7.50. The second-order valence-corrected chi connectivity index (χ2v) is 7.79. The molecule has 1 aliphatic heterocycles. The average molecular weight is 407 g/mol. The van der Waals surface area contributed by atoms with Gasteiger partial charge in [0, 0.05) is 25.0 Å². The number of carbonyl (C=O) groups is 2. The number of benzene rings is 1. The van der Waals surface area contributed by atoms with Crippen LogP contribution in [0.25, 0.3) is 0 Å². The molecule has 6 nitrogen and oxygen atoms in total. The highest BCUT2D eigenvalue weighted by Crippen LogP contribution is 2.27. The largest absolute Gasteiger partial charge is 0.356 e. The molecule has 8 heteroatoms. The smallest absolute Gasteiger partial charge is 0.273 e. The molecule has 0 bridgehead atoms. The highest BCUT2D eigenvalue weighted by Gasteiger charge is 2.29. The second-order valence-electron chi connectivity index (χ2n) is 6.52. The van der Waals surface area contributed by atoms with Crippen molar-refractivity contribution in [3.05, 3.63) is 40.4 Å². The van der Waals surface area contributed by atoms with Gasteiger partial charge < -0.3 is 15.5 Å². The van der Waals surface area contributed by atoms with Crippen LogP contribution < -0.4 is 10.6 Å². The zero-order chi connectivity index (χ0) is 19.2. The van der Waals surface area contributed by atoms with E-state index in [1.165, 1.54) is 11.3 Å². The van der Waals surface area contributed by atoms with Crippen molar-refractivity contribution in [3.63, 3.8) is 0 Å². The maximum atomic E-state index is 12.8. The number of nitrogens with zero attached hydrogens (tertiary/aromatic N) is 2. The molecule has 0 unspecified atom stereocenters. The molecule has 1 aromatic heterocycles. The van der Waals surface area contributed by atoms with Crippen LogP contribution in [0.5, 0.6) is 0 Å². The van der Waals surface area contributed by atoms with E-state index in [0.29, 0.717) is 35.5 Å². The minimum Gasteiger partial charge on any atom is -0.356 e. The topological polar surface area (TPSA) is 74.3 Å². The maximum Gasteiger partial charge on any atom is 0.273 e. The van der Waals surface area contributed by atoms with Crippen molar-refractivity contribution < 1.29 is 9.59 Å². The zero-order valence-electron chi connectivity index (χ0n) is 15.2. The summed E-state index contributed by atoms with van der Waals surface area (Å²) in [6, 6.07) is 7.38. The predicted octanol–water partition coefficient (Wildman–Crippen LogP) is 3.92.